The fourth-order valence-corrected chi connectivity index (χ4v) is 2.67. The molecule has 2 N–H and O–H groups in total. The third kappa shape index (κ3) is 2.96. The zero-order chi connectivity index (χ0) is 13.8. The molecule has 0 bridgehead atoms. The van der Waals surface area contributed by atoms with Gasteiger partial charge in [-0.25, -0.2) is 0 Å². The molecule has 2 aromatic rings. The molecule has 1 unspecified atom stereocenters. The van der Waals surface area contributed by atoms with Gasteiger partial charge in [-0.3, -0.25) is 9.78 Å². The molecule has 1 aromatic carbocycles. The van der Waals surface area contributed by atoms with Crippen molar-refractivity contribution in [2.75, 3.05) is 19.6 Å². The number of amides is 1. The number of nitrogens with zero attached hydrogens (tertiary/aromatic N) is 1. The van der Waals surface area contributed by atoms with Crippen LogP contribution in [-0.4, -0.2) is 30.5 Å². The second-order valence-corrected chi connectivity index (χ2v) is 5.31. The average molecular weight is 269 g/mol. The van der Waals surface area contributed by atoms with Gasteiger partial charge in [0.2, 0.25) is 0 Å². The molecule has 1 atom stereocenters. The molecule has 104 valence electrons. The van der Waals surface area contributed by atoms with E-state index in [1.807, 2.05) is 30.3 Å². The summed E-state index contributed by atoms with van der Waals surface area (Å²) in [6.07, 6.45) is 4.03. The number of carbonyl (C=O) groups excluding carboxylic acids is 1. The maximum atomic E-state index is 12.1. The highest BCUT2D eigenvalue weighted by atomic mass is 16.1. The number of hydrogen-bond donors (Lipinski definition) is 2. The fraction of sp³-hybridized carbons (Fsp3) is 0.375. The van der Waals surface area contributed by atoms with Crippen LogP contribution >= 0.6 is 0 Å². The molecule has 1 fully saturated rings. The molecule has 3 rings (SSSR count). The number of hydrogen-bond acceptors (Lipinski definition) is 3. The zero-order valence-corrected chi connectivity index (χ0v) is 11.4. The van der Waals surface area contributed by atoms with Gasteiger partial charge in [-0.1, -0.05) is 6.07 Å². The van der Waals surface area contributed by atoms with E-state index in [1.54, 1.807) is 6.20 Å². The van der Waals surface area contributed by atoms with Crippen molar-refractivity contribution in [2.24, 2.45) is 5.92 Å². The summed E-state index contributed by atoms with van der Waals surface area (Å²) in [5.41, 5.74) is 1.62. The van der Waals surface area contributed by atoms with Crippen molar-refractivity contribution in [1.82, 2.24) is 15.6 Å². The monoisotopic (exact) mass is 269 g/mol. The van der Waals surface area contributed by atoms with Crippen LogP contribution in [0.5, 0.6) is 0 Å². The van der Waals surface area contributed by atoms with Gasteiger partial charge in [0, 0.05) is 23.7 Å². The second-order valence-electron chi connectivity index (χ2n) is 5.31. The molecule has 4 nitrogen and oxygen atoms in total. The largest absolute Gasteiger partial charge is 0.352 e. The van der Waals surface area contributed by atoms with E-state index in [0.717, 1.165) is 37.0 Å². The molecular formula is C16H19N3O. The van der Waals surface area contributed by atoms with E-state index in [4.69, 9.17) is 0 Å². The summed E-state index contributed by atoms with van der Waals surface area (Å²) in [5, 5.41) is 7.35. The number of carbonyl (C=O) groups is 1. The van der Waals surface area contributed by atoms with Crippen molar-refractivity contribution in [2.45, 2.75) is 12.8 Å². The minimum atomic E-state index is 0.00158. The highest BCUT2D eigenvalue weighted by Crippen LogP contribution is 2.14. The highest BCUT2D eigenvalue weighted by molar-refractivity contribution is 5.97. The molecule has 2 heterocycles. The maximum absolute atomic E-state index is 12.1. The summed E-state index contributed by atoms with van der Waals surface area (Å²) in [4.78, 5) is 16.4. The Morgan fingerprint density at radius 2 is 2.35 bits per heavy atom. The maximum Gasteiger partial charge on any atom is 0.251 e. The first kappa shape index (κ1) is 13.1. The van der Waals surface area contributed by atoms with Crippen LogP contribution in [0.15, 0.2) is 36.5 Å². The van der Waals surface area contributed by atoms with Crippen LogP contribution in [0.4, 0.5) is 0 Å². The first-order valence-electron chi connectivity index (χ1n) is 7.16. The van der Waals surface area contributed by atoms with Gasteiger partial charge in [0.05, 0.1) is 5.52 Å². The quantitative estimate of drug-likeness (QED) is 0.892. The van der Waals surface area contributed by atoms with Crippen molar-refractivity contribution in [3.05, 3.63) is 42.1 Å². The lowest BCUT2D eigenvalue weighted by atomic mass is 10.1. The molecule has 0 aliphatic carbocycles. The number of rotatable bonds is 4. The van der Waals surface area contributed by atoms with Gasteiger partial charge in [0.25, 0.3) is 5.91 Å². The smallest absolute Gasteiger partial charge is 0.251 e. The second kappa shape index (κ2) is 6.01. The Morgan fingerprint density at radius 1 is 1.40 bits per heavy atom. The molecule has 0 radical (unpaired) electrons. The Kier molecular flexibility index (Phi) is 3.92. The normalized spacial score (nSPS) is 18.3. The molecule has 1 aromatic heterocycles. The zero-order valence-electron chi connectivity index (χ0n) is 11.4. The van der Waals surface area contributed by atoms with Crippen LogP contribution in [-0.2, 0) is 0 Å². The van der Waals surface area contributed by atoms with Crippen molar-refractivity contribution >= 4 is 16.8 Å². The standard InChI is InChI=1S/C16H19N3O/c20-16(19-9-6-12-5-8-17-11-12)14-3-4-15-13(10-14)2-1-7-18-15/h1-4,7,10,12,17H,5-6,8-9,11H2,(H,19,20). The van der Waals surface area contributed by atoms with Crippen molar-refractivity contribution < 1.29 is 4.79 Å². The Morgan fingerprint density at radius 3 is 3.20 bits per heavy atom. The van der Waals surface area contributed by atoms with Crippen LogP contribution in [0.25, 0.3) is 10.9 Å². The van der Waals surface area contributed by atoms with Crippen molar-refractivity contribution in [3.63, 3.8) is 0 Å². The van der Waals surface area contributed by atoms with E-state index in [9.17, 15) is 4.79 Å². The van der Waals surface area contributed by atoms with E-state index in [0.29, 0.717) is 11.5 Å². The highest BCUT2D eigenvalue weighted by Gasteiger charge is 2.14. The van der Waals surface area contributed by atoms with Gasteiger partial charge in [0.1, 0.15) is 0 Å². The summed E-state index contributed by atoms with van der Waals surface area (Å²) in [6.45, 7) is 2.93. The number of pyridine rings is 1. The molecule has 20 heavy (non-hydrogen) atoms. The average Bonchev–Trinajstić information content (AvgIpc) is 3.00. The summed E-state index contributed by atoms with van der Waals surface area (Å²) in [7, 11) is 0. The van der Waals surface area contributed by atoms with Gasteiger partial charge < -0.3 is 10.6 Å². The summed E-state index contributed by atoms with van der Waals surface area (Å²) < 4.78 is 0. The van der Waals surface area contributed by atoms with Gasteiger partial charge in [0.15, 0.2) is 0 Å². The van der Waals surface area contributed by atoms with Crippen LogP contribution in [0.3, 0.4) is 0 Å². The van der Waals surface area contributed by atoms with Crippen LogP contribution < -0.4 is 10.6 Å². The first-order chi connectivity index (χ1) is 9.83. The summed E-state index contributed by atoms with van der Waals surface area (Å²) in [6, 6.07) is 9.49. The lowest BCUT2D eigenvalue weighted by molar-refractivity contribution is 0.0952. The Labute approximate surface area is 118 Å². The van der Waals surface area contributed by atoms with Crippen LogP contribution in [0.1, 0.15) is 23.2 Å². The van der Waals surface area contributed by atoms with Gasteiger partial charge in [-0.05, 0) is 56.1 Å². The van der Waals surface area contributed by atoms with E-state index in [1.165, 1.54) is 6.42 Å². The molecule has 0 saturated carbocycles. The first-order valence-corrected chi connectivity index (χ1v) is 7.16. The molecule has 4 heteroatoms. The van der Waals surface area contributed by atoms with E-state index < -0.39 is 0 Å². The van der Waals surface area contributed by atoms with Crippen LogP contribution in [0, 0.1) is 5.92 Å². The van der Waals surface area contributed by atoms with E-state index in [-0.39, 0.29) is 5.91 Å². The predicted molar refractivity (Wildman–Crippen MR) is 79.7 cm³/mol. The minimum Gasteiger partial charge on any atom is -0.352 e. The summed E-state index contributed by atoms with van der Waals surface area (Å²) in [5.74, 6) is 0.706. The van der Waals surface area contributed by atoms with E-state index >= 15 is 0 Å². The number of nitrogens with one attached hydrogen (secondary N) is 2. The van der Waals surface area contributed by atoms with Crippen LogP contribution in [0.2, 0.25) is 0 Å². The fourth-order valence-electron chi connectivity index (χ4n) is 2.67. The number of fused-ring (bicyclic) bond motifs is 1. The van der Waals surface area contributed by atoms with Gasteiger partial charge >= 0.3 is 0 Å². The molecule has 1 amide bonds. The van der Waals surface area contributed by atoms with E-state index in [2.05, 4.69) is 15.6 Å². The Hall–Kier alpha value is -1.94. The molecule has 1 aliphatic rings. The lowest BCUT2D eigenvalue weighted by Gasteiger charge is -2.09. The third-order valence-corrected chi connectivity index (χ3v) is 3.87. The predicted octanol–water partition coefficient (Wildman–Crippen LogP) is 1.96. The van der Waals surface area contributed by atoms with Gasteiger partial charge in [-0.2, -0.15) is 0 Å². The minimum absolute atomic E-state index is 0.00158. The van der Waals surface area contributed by atoms with Gasteiger partial charge in [-0.15, -0.1) is 0 Å². The SMILES string of the molecule is O=C(NCCC1CCNC1)c1ccc2ncccc2c1. The third-order valence-electron chi connectivity index (χ3n) is 3.87. The summed E-state index contributed by atoms with van der Waals surface area (Å²) >= 11 is 0. The Balaban J connectivity index is 1.60. The molecule has 0 spiro atoms. The van der Waals surface area contributed by atoms with Crippen molar-refractivity contribution in [1.29, 1.82) is 0 Å². The number of benzene rings is 1. The lowest BCUT2D eigenvalue weighted by Crippen LogP contribution is -2.26. The van der Waals surface area contributed by atoms with Crippen molar-refractivity contribution in [3.8, 4) is 0 Å². The Bertz CT molecular complexity index is 605. The molecule has 1 aliphatic heterocycles. The number of aromatic nitrogens is 1. The molecule has 1 saturated heterocycles. The topological polar surface area (TPSA) is 54.0 Å². The molecular weight excluding hydrogens is 250 g/mol.